The second-order valence-corrected chi connectivity index (χ2v) is 22.0. The molecule has 0 aliphatic heterocycles. The molecular weight excluding hydrogens is 1310 g/mol. The van der Waals surface area contributed by atoms with Crippen LogP contribution in [0.2, 0.25) is 5.02 Å². The fraction of sp³-hybridized carbons (Fsp3) is 0.325. The summed E-state index contributed by atoms with van der Waals surface area (Å²) in [4.78, 5) is 0. The van der Waals surface area contributed by atoms with E-state index in [-0.39, 0.29) is 55.3 Å². The first kappa shape index (κ1) is 93.3. The summed E-state index contributed by atoms with van der Waals surface area (Å²) in [5.74, 6) is 1.48. The van der Waals surface area contributed by atoms with Crippen LogP contribution in [0.25, 0.3) is 42.5 Å². The third-order valence-electron chi connectivity index (χ3n) is 13.4. The van der Waals surface area contributed by atoms with Crippen molar-refractivity contribution in [2.45, 2.75) is 64.2 Å². The van der Waals surface area contributed by atoms with Crippen LogP contribution in [0.5, 0.6) is 0 Å². The van der Waals surface area contributed by atoms with Gasteiger partial charge in [-0.25, -0.2) is 0 Å². The van der Waals surface area contributed by atoms with Gasteiger partial charge in [0.1, 0.15) is 0 Å². The van der Waals surface area contributed by atoms with E-state index in [9.17, 15) is 0 Å². The number of aryl methyl sites for hydroxylation is 5. The van der Waals surface area contributed by atoms with Gasteiger partial charge in [0.15, 0.2) is 0 Å². The summed E-state index contributed by atoms with van der Waals surface area (Å²) < 4.78 is 31.9. The molecule has 0 radical (unpaired) electrons. The molecule has 7 aromatic carbocycles. The van der Waals surface area contributed by atoms with E-state index in [1.807, 2.05) is 85.0 Å². The predicted octanol–water partition coefficient (Wildman–Crippen LogP) is 15.6. The number of benzene rings is 7. The van der Waals surface area contributed by atoms with Crippen LogP contribution in [-0.4, -0.2) is 149 Å². The Morgan fingerprint density at radius 1 is 0.289 bits per heavy atom. The maximum Gasteiger partial charge on any atom is 2.00 e. The summed E-state index contributed by atoms with van der Waals surface area (Å²) in [6, 6.07) is 60.4. The summed E-state index contributed by atoms with van der Waals surface area (Å²) in [5.41, 5.74) is 14.7. The quantitative estimate of drug-likeness (QED) is 0.0149. The average Bonchev–Trinajstić information content (AvgIpc) is 3.10. The summed E-state index contributed by atoms with van der Waals surface area (Å²) in [6.07, 6.45) is 23.3. The van der Waals surface area contributed by atoms with E-state index in [4.69, 9.17) is 73.8 Å². The Labute approximate surface area is 620 Å². The van der Waals surface area contributed by atoms with E-state index in [0.29, 0.717) is 59.5 Å². The van der Waals surface area contributed by atoms with Crippen molar-refractivity contribution >= 4 is 100 Å². The van der Waals surface area contributed by atoms with Gasteiger partial charge in [0.25, 0.3) is 0 Å². The van der Waals surface area contributed by atoms with Crippen LogP contribution in [0.1, 0.15) is 98.9 Å². The van der Waals surface area contributed by atoms with Gasteiger partial charge in [-0.2, -0.15) is 30.3 Å². The second kappa shape index (κ2) is 68.8. The van der Waals surface area contributed by atoms with Crippen LogP contribution in [0.4, 0.5) is 0 Å². The maximum absolute atomic E-state index is 8.50. The van der Waals surface area contributed by atoms with Crippen molar-refractivity contribution in [1.29, 1.82) is 0 Å². The zero-order valence-corrected chi connectivity index (χ0v) is 61.7. The molecule has 7 rings (SSSR count). The van der Waals surface area contributed by atoms with Crippen LogP contribution in [0.15, 0.2) is 216 Å². The Morgan fingerprint density at radius 3 is 0.701 bits per heavy atom. The number of rotatable bonds is 40. The summed E-state index contributed by atoms with van der Waals surface area (Å²) in [6.45, 7) is 33.0. The number of aliphatic hydroxyl groups excluding tert-OH is 3. The molecule has 14 heteroatoms. The topological polar surface area (TPSA) is 116 Å². The van der Waals surface area contributed by atoms with E-state index in [0.717, 1.165) is 129 Å². The fourth-order valence-electron chi connectivity index (χ4n) is 8.07. The number of aliphatic hydroxyl groups is 3. The number of halogens is 4. The normalized spacial score (nSPS) is 9.79. The smallest absolute Gasteiger partial charge is 1.00 e. The van der Waals surface area contributed by atoms with Crippen LogP contribution in [0, 0.1) is 6.07 Å². The molecule has 0 unspecified atom stereocenters. The Balaban J connectivity index is 0. The van der Waals surface area contributed by atoms with E-state index < -0.39 is 0 Å². The van der Waals surface area contributed by atoms with Gasteiger partial charge in [-0.3, -0.25) is 0 Å². The monoisotopic (exact) mass is 1410 g/mol. The molecule has 0 bridgehead atoms. The van der Waals surface area contributed by atoms with E-state index in [2.05, 4.69) is 178 Å². The third kappa shape index (κ3) is 53.9. The van der Waals surface area contributed by atoms with Crippen LogP contribution >= 0.6 is 34.8 Å². The molecule has 97 heavy (non-hydrogen) atoms. The Bertz CT molecular complexity index is 2830. The average molecular weight is 1410 g/mol. The van der Waals surface area contributed by atoms with Crippen LogP contribution in [0.3, 0.4) is 0 Å². The molecule has 0 saturated heterocycles. The summed E-state index contributed by atoms with van der Waals surface area (Å²) in [7, 11) is 0. The number of ether oxygens (including phenoxy) is 6. The molecule has 9 nitrogen and oxygen atoms in total. The Morgan fingerprint density at radius 2 is 0.485 bits per heavy atom. The first-order valence-electron chi connectivity index (χ1n) is 32.5. The van der Waals surface area contributed by atoms with Crippen LogP contribution in [-0.2, 0) is 60.5 Å². The molecule has 0 saturated carbocycles. The van der Waals surface area contributed by atoms with Crippen molar-refractivity contribution in [3.05, 3.63) is 294 Å². The minimum Gasteiger partial charge on any atom is -1.00 e. The van der Waals surface area contributed by atoms with Gasteiger partial charge in [-0.1, -0.05) is 227 Å². The number of hydrogen-bond acceptors (Lipinski definition) is 9. The molecular formula is C83H106Cl4MgO9. The molecule has 0 heterocycles. The van der Waals surface area contributed by atoms with Crippen molar-refractivity contribution in [2.75, 3.05) is 111 Å². The van der Waals surface area contributed by atoms with Gasteiger partial charge < -0.3 is 56.1 Å². The van der Waals surface area contributed by atoms with Crippen molar-refractivity contribution in [1.82, 2.24) is 0 Å². The minimum absolute atomic E-state index is 0. The third-order valence-corrected chi connectivity index (χ3v) is 14.2. The van der Waals surface area contributed by atoms with E-state index >= 15 is 0 Å². The maximum atomic E-state index is 8.50. The number of hydrogen-bond donors (Lipinski definition) is 3. The molecule has 7 aromatic rings. The minimum atomic E-state index is 0. The molecule has 0 spiro atoms. The molecule has 0 aliphatic carbocycles. The molecule has 3 N–H and O–H groups in total. The van der Waals surface area contributed by atoms with Gasteiger partial charge in [0, 0.05) is 36.6 Å². The largest absolute Gasteiger partial charge is 2.00 e. The Kier molecular flexibility index (Phi) is 66.2. The standard InChI is InChI=1S/C26H34O3.C15H22O3.2C11H13Cl.C8H7Cl.C8H7.C4H10O3.ClH.Mg/c1-3-23-9-13-25(14-10-23)7-5-17-27-19-21-29-22-20-28-18-6-8-26-15-11-24(4-2)12-16-26;1-2-14-5-7-15(8-6-14)4-3-10-17-12-13-18-11-9-16;2*1-2-10-5-7-11(8-6-10)4-3-9-12;1-2-7-3-5-8(9)6-4-7;1-2-8-6-4-3-5-7-8;5-1-3-7-4-2-6;;/h3-4,9-16H,1-2,5-8,17-22H2;2,5-8,16H,1,3-4,9-13H2;2*2,5-8H,1,3-4,9H2;2-6H,1H2;2,4-7H,1H2;5-6H,1-4H2;1H;/q;;;;;-1;;;+2/p-1. The SMILES string of the molecule is C=Cc1cc[c-]cc1.C=Cc1ccc(CCCCl)cc1.C=Cc1ccc(CCCCl)cc1.C=Cc1ccc(CCCOCCOCCO)cc1.C=Cc1ccc(CCCOCCOCCOCCCc2ccc(C=C)cc2)cc1.C=Cc1ccc(Cl)cc1.OCCOCCO.[Cl-].[Mg+2]. The van der Waals surface area contributed by atoms with Crippen molar-refractivity contribution < 1.29 is 56.1 Å². The first-order chi connectivity index (χ1) is 46.6. The van der Waals surface area contributed by atoms with Crippen LogP contribution < -0.4 is 12.4 Å². The molecule has 0 aromatic heterocycles. The van der Waals surface area contributed by atoms with Gasteiger partial charge in [-0.15, -0.1) is 35.3 Å². The summed E-state index contributed by atoms with van der Waals surface area (Å²) in [5, 5.41) is 25.4. The molecule has 0 aliphatic rings. The molecule has 0 atom stereocenters. The molecule has 0 amide bonds. The number of alkyl halides is 2. The van der Waals surface area contributed by atoms with Gasteiger partial charge in [0.05, 0.1) is 79.3 Å². The second-order valence-electron chi connectivity index (χ2n) is 20.8. The van der Waals surface area contributed by atoms with Crippen molar-refractivity contribution in [2.24, 2.45) is 0 Å². The summed E-state index contributed by atoms with van der Waals surface area (Å²) >= 11 is 16.8. The predicted molar refractivity (Wildman–Crippen MR) is 415 cm³/mol. The molecule has 522 valence electrons. The van der Waals surface area contributed by atoms with Crippen molar-refractivity contribution in [3.63, 3.8) is 0 Å². The zero-order valence-electron chi connectivity index (χ0n) is 57.3. The van der Waals surface area contributed by atoms with E-state index in [1.54, 1.807) is 6.08 Å². The van der Waals surface area contributed by atoms with Gasteiger partial charge in [0.2, 0.25) is 0 Å². The molecule has 0 fully saturated rings. The fourth-order valence-corrected chi connectivity index (χ4v) is 8.47. The first-order valence-corrected chi connectivity index (χ1v) is 34.0. The van der Waals surface area contributed by atoms with Crippen molar-refractivity contribution in [3.8, 4) is 0 Å². The zero-order chi connectivity index (χ0) is 69.3. The van der Waals surface area contributed by atoms with Gasteiger partial charge in [-0.05, 0) is 138 Å². The van der Waals surface area contributed by atoms with Gasteiger partial charge >= 0.3 is 23.1 Å². The van der Waals surface area contributed by atoms with E-state index in [1.165, 1.54) is 38.9 Å². The Hall–Kier alpha value is -5.71.